The van der Waals surface area contributed by atoms with E-state index in [0.717, 1.165) is 94.8 Å². The minimum atomic E-state index is -0.982. The molecule has 2 aromatic heterocycles. The van der Waals surface area contributed by atoms with E-state index in [1.165, 1.54) is 96.8 Å². The number of halogens is 1. The summed E-state index contributed by atoms with van der Waals surface area (Å²) in [4.78, 5) is 73.9. The van der Waals surface area contributed by atoms with E-state index in [-0.39, 0.29) is 36.1 Å². The predicted molar refractivity (Wildman–Crippen MR) is 391 cm³/mol. The highest BCUT2D eigenvalue weighted by atomic mass is 35.5. The number of nitrogens with two attached hydrogens (primary N) is 1. The maximum Gasteiger partial charge on any atom is 0.335 e. The molecule has 0 spiro atoms. The van der Waals surface area contributed by atoms with Crippen LogP contribution in [0.3, 0.4) is 0 Å². The molecule has 0 atom stereocenters. The van der Waals surface area contributed by atoms with Crippen LogP contribution in [0.4, 0.5) is 11.4 Å². The lowest BCUT2D eigenvalue weighted by molar-refractivity contribution is -0.138. The Hall–Kier alpha value is -9.85. The summed E-state index contributed by atoms with van der Waals surface area (Å²) in [6.07, 6.45) is 22.7. The first-order valence-electron chi connectivity index (χ1n) is 34.9. The minimum Gasteiger partial charge on any atom is -0.497 e. The number of carbonyl (C=O) groups is 6. The van der Waals surface area contributed by atoms with Crippen molar-refractivity contribution in [1.29, 1.82) is 0 Å². The van der Waals surface area contributed by atoms with Gasteiger partial charge >= 0.3 is 17.9 Å². The van der Waals surface area contributed by atoms with Crippen LogP contribution in [-0.2, 0) is 41.7 Å². The summed E-state index contributed by atoms with van der Waals surface area (Å²) in [5, 5.41) is 20.8. The normalized spacial score (nSPS) is 16.5. The highest BCUT2D eigenvalue weighted by molar-refractivity contribution is 6.07. The highest BCUT2D eigenvalue weighted by Crippen LogP contribution is 2.50. The Balaban J connectivity index is 0.000000167. The van der Waals surface area contributed by atoms with Crippen LogP contribution in [0.1, 0.15) is 171 Å². The summed E-state index contributed by atoms with van der Waals surface area (Å²) in [5.41, 5.74) is 17.3. The van der Waals surface area contributed by atoms with Gasteiger partial charge in [-0.2, -0.15) is 0 Å². The number of hydrogen-bond donors (Lipinski definition) is 5. The van der Waals surface area contributed by atoms with Crippen LogP contribution in [0.5, 0.6) is 23.0 Å². The van der Waals surface area contributed by atoms with Gasteiger partial charge in [0, 0.05) is 74.2 Å². The van der Waals surface area contributed by atoms with Gasteiger partial charge < -0.3 is 64.3 Å². The van der Waals surface area contributed by atoms with E-state index in [1.807, 2.05) is 72.8 Å². The van der Waals surface area contributed by atoms with Crippen molar-refractivity contribution in [3.05, 3.63) is 167 Å². The van der Waals surface area contributed by atoms with Crippen LogP contribution in [0.15, 0.2) is 133 Å². The molecular formula is C80H89ClN6O13. The number of rotatable bonds is 17. The van der Waals surface area contributed by atoms with Gasteiger partial charge in [0.25, 0.3) is 5.91 Å². The van der Waals surface area contributed by atoms with E-state index in [4.69, 9.17) is 34.2 Å². The number of aromatic carboxylic acids is 1. The van der Waals surface area contributed by atoms with Gasteiger partial charge in [-0.25, -0.2) is 14.4 Å². The third-order valence-corrected chi connectivity index (χ3v) is 20.2. The molecule has 19 nitrogen and oxygen atoms in total. The van der Waals surface area contributed by atoms with E-state index < -0.39 is 23.0 Å². The van der Waals surface area contributed by atoms with Crippen LogP contribution in [0.25, 0.3) is 56.5 Å². The Morgan fingerprint density at radius 2 is 0.990 bits per heavy atom. The first-order valence-corrected chi connectivity index (χ1v) is 34.9. The molecule has 4 aliphatic carbocycles. The first kappa shape index (κ1) is 71.4. The lowest BCUT2D eigenvalue weighted by Gasteiger charge is -2.40. The lowest BCUT2D eigenvalue weighted by Crippen LogP contribution is -2.61. The number of anilines is 2. The number of amides is 3. The fourth-order valence-electron chi connectivity index (χ4n) is 14.6. The second-order valence-electron chi connectivity index (χ2n) is 26.4. The summed E-state index contributed by atoms with van der Waals surface area (Å²) in [7, 11) is 3.33. The second-order valence-corrected chi connectivity index (χ2v) is 26.4. The third-order valence-electron chi connectivity index (χ3n) is 20.2. The molecular weight excluding hydrogens is 1290 g/mol. The number of aromatic nitrogens is 2. The number of methoxy groups -OCH3 is 2. The first-order chi connectivity index (χ1) is 48.1. The van der Waals surface area contributed by atoms with Gasteiger partial charge in [-0.15, -0.1) is 12.4 Å². The summed E-state index contributed by atoms with van der Waals surface area (Å²) in [6.45, 7) is 6.59. The maximum atomic E-state index is 13.9. The molecule has 100 heavy (non-hydrogen) atoms. The van der Waals surface area contributed by atoms with Gasteiger partial charge in [-0.05, 0) is 197 Å². The summed E-state index contributed by atoms with van der Waals surface area (Å²) >= 11 is 0. The Labute approximate surface area is 589 Å². The number of nitrogens with zero attached hydrogens (tertiary/aromatic N) is 2. The monoisotopic (exact) mass is 1380 g/mol. The Morgan fingerprint density at radius 3 is 1.40 bits per heavy atom. The topological polar surface area (TPSA) is 250 Å². The molecule has 20 heteroatoms. The smallest absolute Gasteiger partial charge is 0.335 e. The number of esters is 2. The molecule has 14 rings (SSSR count). The molecule has 0 unspecified atom stereocenters. The number of carboxylic acid groups (broad SMARTS) is 1. The summed E-state index contributed by atoms with van der Waals surface area (Å²) in [6, 6.07) is 38.0. The van der Waals surface area contributed by atoms with Crippen molar-refractivity contribution in [1.82, 2.24) is 14.5 Å². The van der Waals surface area contributed by atoms with Crippen LogP contribution in [0.2, 0.25) is 0 Å². The average molecular weight is 1380 g/mol. The van der Waals surface area contributed by atoms with Crippen molar-refractivity contribution in [2.75, 3.05) is 51.3 Å². The molecule has 4 fully saturated rings. The van der Waals surface area contributed by atoms with Crippen molar-refractivity contribution in [2.24, 2.45) is 5.73 Å². The third kappa shape index (κ3) is 15.6. The molecule has 0 bridgehead atoms. The molecule has 0 saturated heterocycles. The van der Waals surface area contributed by atoms with Crippen molar-refractivity contribution in [3.63, 3.8) is 0 Å². The van der Waals surface area contributed by atoms with Gasteiger partial charge in [-0.3, -0.25) is 14.4 Å². The quantitative estimate of drug-likeness (QED) is 0.0420. The molecule has 0 radical (unpaired) electrons. The number of ether oxygens (including phenoxy) is 6. The van der Waals surface area contributed by atoms with Crippen LogP contribution < -0.4 is 40.6 Å². The van der Waals surface area contributed by atoms with Crippen molar-refractivity contribution < 1.29 is 62.3 Å². The van der Waals surface area contributed by atoms with E-state index in [2.05, 4.69) is 43.3 Å². The summed E-state index contributed by atoms with van der Waals surface area (Å²) < 4.78 is 37.6. The lowest BCUT2D eigenvalue weighted by atomic mass is 9.75. The molecule has 8 aromatic rings. The number of carbonyl (C=O) groups excluding carboxylic acids is 5. The average Bonchev–Trinajstić information content (AvgIpc) is 1.58. The van der Waals surface area contributed by atoms with Gasteiger partial charge in [0.2, 0.25) is 11.8 Å². The van der Waals surface area contributed by atoms with Gasteiger partial charge in [0.05, 0.1) is 63.0 Å². The maximum absolute atomic E-state index is 13.9. The van der Waals surface area contributed by atoms with Gasteiger partial charge in [0.15, 0.2) is 0 Å². The zero-order valence-electron chi connectivity index (χ0n) is 57.3. The van der Waals surface area contributed by atoms with Crippen LogP contribution in [-0.4, -0.2) is 102 Å². The number of nitrogens with one attached hydrogen (secondary N) is 3. The van der Waals surface area contributed by atoms with E-state index in [1.54, 1.807) is 70.6 Å². The zero-order chi connectivity index (χ0) is 69.2. The summed E-state index contributed by atoms with van der Waals surface area (Å²) in [5.74, 6) is 1.82. The molecule has 6 N–H and O–H groups in total. The molecule has 6 aromatic carbocycles. The van der Waals surface area contributed by atoms with E-state index in [0.29, 0.717) is 86.7 Å². The Morgan fingerprint density at radius 1 is 0.550 bits per heavy atom. The van der Waals surface area contributed by atoms with Crippen LogP contribution in [0, 0.1) is 0 Å². The zero-order valence-corrected chi connectivity index (χ0v) is 58.1. The number of carboxylic acids is 1. The largest absolute Gasteiger partial charge is 0.497 e. The molecule has 6 aliphatic rings. The van der Waals surface area contributed by atoms with E-state index in [9.17, 15) is 33.9 Å². The molecule has 4 heterocycles. The van der Waals surface area contributed by atoms with E-state index >= 15 is 0 Å². The number of benzene rings is 6. The molecule has 3 amide bonds. The Kier molecular flexibility index (Phi) is 22.9. The van der Waals surface area contributed by atoms with Gasteiger partial charge in [-0.1, -0.05) is 74.9 Å². The van der Waals surface area contributed by atoms with Crippen molar-refractivity contribution in [3.8, 4) is 45.5 Å². The minimum absolute atomic E-state index is 0. The number of hydrogen-bond acceptors (Lipinski definition) is 13. The Bertz CT molecular complexity index is 4380. The molecule has 4 saturated carbocycles. The fourth-order valence-corrected chi connectivity index (χ4v) is 14.6. The number of fused-ring (bicyclic) bond motifs is 10. The van der Waals surface area contributed by atoms with Crippen LogP contribution >= 0.6 is 12.4 Å². The second kappa shape index (κ2) is 32.0. The highest BCUT2D eigenvalue weighted by Gasteiger charge is 2.46. The van der Waals surface area contributed by atoms with Crippen molar-refractivity contribution >= 4 is 93.4 Å². The fraction of sp³-hybridized carbons (Fsp3) is 0.375. The molecule has 2 aliphatic heterocycles. The molecule has 524 valence electrons. The standard InChI is InChI=1S/C40H43N3O6.C24H25NO4.C16H20N2O3.ClH/c1-3-48-35(44)19-12-26-10-14-29(15-11-26)41-39(46)40(20-7-21-40)42-38(45)28-13-17-31-33(24-28)43-22-23-49-34-25-30(47-2)16-18-32(34)37(43)36(31)27-8-5-4-6-9-27;1-28-17-8-10-19-21(14-17)29-12-11-25-20-13-16(24(26)27)7-9-18(20)22(23(19)25)15-5-3-2-4-6-15;1-2-21-14(19)9-6-12-4-7-13(8-5-12)18-15(20)16(17)10-3-11-16;/h10-19,24-25,27H,3-9,20-23H2,1-2H3,(H,41,46)(H,42,45);7-10,13-15H,2-6,11-12H2,1H3,(H,26,27);4-9H,2-3,10-11,17H2,1H3,(H,18,20);1H/b19-12+;;9-6+;. The van der Waals surface area contributed by atoms with Crippen molar-refractivity contribution in [2.45, 2.75) is 153 Å². The van der Waals surface area contributed by atoms with Gasteiger partial charge in [0.1, 0.15) is 41.8 Å². The predicted octanol–water partition coefficient (Wildman–Crippen LogP) is 15.6. The SMILES string of the molecule is CCOC(=O)/C=C/c1ccc(NC(=O)C2(N)CCC2)cc1.CCOC(=O)/C=C/c1ccc(NC(=O)C2(NC(=O)c3ccc4c(C5CCCCC5)c5n(c4c3)CCOc3cc(OC)ccc3-5)CCC2)cc1.COc1ccc2c(c1)OCCn1c-2c(C2CCCCC2)c2ccc(C(=O)O)cc21.Cl.